The monoisotopic (exact) mass is 188 g/mol. The largest absolute Gasteiger partial charge is 0.507 e. The first-order chi connectivity index (χ1) is 6.69. The second-order valence-corrected chi connectivity index (χ2v) is 2.97. The number of rotatable bonds is 3. The van der Waals surface area contributed by atoms with E-state index in [0.29, 0.717) is 11.8 Å². The molecule has 0 fully saturated rings. The smallest absolute Gasteiger partial charge is 0.142 e. The van der Waals surface area contributed by atoms with Crippen LogP contribution in [0.15, 0.2) is 24.8 Å². The Morgan fingerprint density at radius 3 is 2.64 bits per heavy atom. The molecule has 0 aromatic heterocycles. The molecular weight excluding hydrogens is 176 g/mol. The van der Waals surface area contributed by atoms with Crippen LogP contribution in [0.4, 0.5) is 0 Å². The van der Waals surface area contributed by atoms with Gasteiger partial charge in [-0.2, -0.15) is 0 Å². The zero-order valence-corrected chi connectivity index (χ0v) is 8.03. The van der Waals surface area contributed by atoms with Gasteiger partial charge in [0.05, 0.1) is 0 Å². The van der Waals surface area contributed by atoms with Crippen molar-refractivity contribution in [3.63, 3.8) is 0 Å². The average Bonchev–Trinajstić information content (AvgIpc) is 2.18. The van der Waals surface area contributed by atoms with Gasteiger partial charge in [0.25, 0.3) is 0 Å². The molecule has 0 aliphatic rings. The lowest BCUT2D eigenvalue weighted by Crippen LogP contribution is -1.83. The fourth-order valence-corrected chi connectivity index (χ4v) is 1.23. The zero-order chi connectivity index (χ0) is 10.6. The van der Waals surface area contributed by atoms with Crippen molar-refractivity contribution in [1.82, 2.24) is 0 Å². The molecule has 0 atom stereocenters. The third-order valence-electron chi connectivity index (χ3n) is 1.99. The summed E-state index contributed by atoms with van der Waals surface area (Å²) in [6.45, 7) is 5.56. The fourth-order valence-electron chi connectivity index (χ4n) is 1.23. The predicted molar refractivity (Wildman–Crippen MR) is 58.0 cm³/mol. The quantitative estimate of drug-likeness (QED) is 0.584. The highest BCUT2D eigenvalue weighted by Crippen LogP contribution is 2.23. The standard InChI is InChI=1S/C12H12O2/c1-3-10-8-12(14)11(5-4-6-13)7-9(10)2/h3-8,14H,1H2,2H3/b5-4+. The molecule has 0 amide bonds. The summed E-state index contributed by atoms with van der Waals surface area (Å²) >= 11 is 0. The molecule has 0 aliphatic heterocycles. The Kier molecular flexibility index (Phi) is 3.24. The van der Waals surface area contributed by atoms with Gasteiger partial charge in [0.2, 0.25) is 0 Å². The number of aromatic hydroxyl groups is 1. The van der Waals surface area contributed by atoms with Crippen LogP contribution in [0.1, 0.15) is 16.7 Å². The van der Waals surface area contributed by atoms with Crippen LogP contribution in [-0.4, -0.2) is 11.4 Å². The Morgan fingerprint density at radius 2 is 2.07 bits per heavy atom. The Hall–Kier alpha value is -1.83. The first kappa shape index (κ1) is 10.3. The summed E-state index contributed by atoms with van der Waals surface area (Å²) in [5, 5.41) is 9.56. The summed E-state index contributed by atoms with van der Waals surface area (Å²) in [5.41, 5.74) is 2.55. The molecule has 1 aromatic carbocycles. The Labute approximate surface area is 83.2 Å². The van der Waals surface area contributed by atoms with Crippen LogP contribution in [0.5, 0.6) is 5.75 Å². The average molecular weight is 188 g/mol. The van der Waals surface area contributed by atoms with Crippen LogP contribution in [-0.2, 0) is 4.79 Å². The van der Waals surface area contributed by atoms with Crippen molar-refractivity contribution in [3.8, 4) is 5.75 Å². The lowest BCUT2D eigenvalue weighted by molar-refractivity contribution is -0.104. The van der Waals surface area contributed by atoms with Gasteiger partial charge in [0.1, 0.15) is 12.0 Å². The summed E-state index contributed by atoms with van der Waals surface area (Å²) in [7, 11) is 0. The van der Waals surface area contributed by atoms with Crippen LogP contribution in [0.25, 0.3) is 12.2 Å². The minimum absolute atomic E-state index is 0.156. The molecule has 0 saturated carbocycles. The lowest BCUT2D eigenvalue weighted by atomic mass is 10.0. The van der Waals surface area contributed by atoms with Gasteiger partial charge in [0.15, 0.2) is 0 Å². The summed E-state index contributed by atoms with van der Waals surface area (Å²) in [4.78, 5) is 10.1. The Morgan fingerprint density at radius 1 is 1.36 bits per heavy atom. The molecule has 0 heterocycles. The number of benzene rings is 1. The second-order valence-electron chi connectivity index (χ2n) is 2.97. The third kappa shape index (κ3) is 2.10. The molecule has 1 N–H and O–H groups in total. The summed E-state index contributed by atoms with van der Waals surface area (Å²) in [6.07, 6.45) is 5.28. The number of hydrogen-bond acceptors (Lipinski definition) is 2. The molecule has 72 valence electrons. The van der Waals surface area contributed by atoms with Crippen molar-refractivity contribution >= 4 is 18.4 Å². The number of allylic oxidation sites excluding steroid dienone is 1. The summed E-state index contributed by atoms with van der Waals surface area (Å²) in [5.74, 6) is 0.156. The van der Waals surface area contributed by atoms with E-state index >= 15 is 0 Å². The number of hydrogen-bond donors (Lipinski definition) is 1. The van der Waals surface area contributed by atoms with Crippen LogP contribution in [0.3, 0.4) is 0 Å². The van der Waals surface area contributed by atoms with Gasteiger partial charge in [-0.25, -0.2) is 0 Å². The molecule has 0 aliphatic carbocycles. The first-order valence-corrected chi connectivity index (χ1v) is 4.27. The fraction of sp³-hybridized carbons (Fsp3) is 0.0833. The van der Waals surface area contributed by atoms with Gasteiger partial charge in [-0.3, -0.25) is 4.79 Å². The maximum atomic E-state index is 10.1. The second kappa shape index (κ2) is 4.42. The van der Waals surface area contributed by atoms with Crippen molar-refractivity contribution in [2.75, 3.05) is 0 Å². The SMILES string of the molecule is C=Cc1cc(O)c(/C=C/C=O)cc1C. The van der Waals surface area contributed by atoms with Crippen molar-refractivity contribution in [2.24, 2.45) is 0 Å². The molecule has 1 aromatic rings. The number of phenolic OH excluding ortho intramolecular Hbond substituents is 1. The molecule has 14 heavy (non-hydrogen) atoms. The van der Waals surface area contributed by atoms with Crippen LogP contribution < -0.4 is 0 Å². The summed E-state index contributed by atoms with van der Waals surface area (Å²) < 4.78 is 0. The van der Waals surface area contributed by atoms with E-state index in [1.54, 1.807) is 18.2 Å². The maximum absolute atomic E-state index is 10.1. The van der Waals surface area contributed by atoms with Gasteiger partial charge in [-0.1, -0.05) is 12.7 Å². The molecule has 0 saturated heterocycles. The van der Waals surface area contributed by atoms with Crippen molar-refractivity contribution in [3.05, 3.63) is 41.5 Å². The van der Waals surface area contributed by atoms with Crippen LogP contribution in [0, 0.1) is 6.92 Å². The number of aldehydes is 1. The van der Waals surface area contributed by atoms with E-state index in [1.165, 1.54) is 6.08 Å². The van der Waals surface area contributed by atoms with E-state index in [9.17, 15) is 9.90 Å². The zero-order valence-electron chi connectivity index (χ0n) is 8.03. The molecule has 0 unspecified atom stereocenters. The molecule has 0 radical (unpaired) electrons. The van der Waals surface area contributed by atoms with Gasteiger partial charge in [-0.05, 0) is 42.3 Å². The topological polar surface area (TPSA) is 37.3 Å². The van der Waals surface area contributed by atoms with Crippen molar-refractivity contribution < 1.29 is 9.90 Å². The van der Waals surface area contributed by atoms with Gasteiger partial charge < -0.3 is 5.11 Å². The Bertz CT molecular complexity index is 390. The maximum Gasteiger partial charge on any atom is 0.142 e. The number of aryl methyl sites for hydroxylation is 1. The van der Waals surface area contributed by atoms with E-state index in [4.69, 9.17) is 0 Å². The highest BCUT2D eigenvalue weighted by Gasteiger charge is 2.01. The molecule has 0 spiro atoms. The Balaban J connectivity index is 3.21. The van der Waals surface area contributed by atoms with Crippen molar-refractivity contribution in [1.29, 1.82) is 0 Å². The molecule has 0 bridgehead atoms. The van der Waals surface area contributed by atoms with E-state index in [0.717, 1.165) is 11.1 Å². The van der Waals surface area contributed by atoms with E-state index in [-0.39, 0.29) is 5.75 Å². The highest BCUT2D eigenvalue weighted by molar-refractivity contribution is 5.76. The minimum atomic E-state index is 0.156. The van der Waals surface area contributed by atoms with Crippen LogP contribution in [0.2, 0.25) is 0 Å². The molecular formula is C12H12O2. The van der Waals surface area contributed by atoms with Gasteiger partial charge >= 0.3 is 0 Å². The minimum Gasteiger partial charge on any atom is -0.507 e. The van der Waals surface area contributed by atoms with Gasteiger partial charge in [0, 0.05) is 5.56 Å². The normalized spacial score (nSPS) is 10.4. The van der Waals surface area contributed by atoms with Gasteiger partial charge in [-0.15, -0.1) is 0 Å². The molecule has 2 heteroatoms. The third-order valence-corrected chi connectivity index (χ3v) is 1.99. The van der Waals surface area contributed by atoms with E-state index in [1.807, 2.05) is 13.0 Å². The number of carbonyl (C=O) groups excluding carboxylic acids is 1. The summed E-state index contributed by atoms with van der Waals surface area (Å²) in [6, 6.07) is 3.44. The molecule has 1 rings (SSSR count). The van der Waals surface area contributed by atoms with E-state index < -0.39 is 0 Å². The predicted octanol–water partition coefficient (Wildman–Crippen LogP) is 2.56. The first-order valence-electron chi connectivity index (χ1n) is 4.27. The van der Waals surface area contributed by atoms with E-state index in [2.05, 4.69) is 6.58 Å². The number of phenols is 1. The highest BCUT2D eigenvalue weighted by atomic mass is 16.3. The molecule has 2 nitrogen and oxygen atoms in total. The number of carbonyl (C=O) groups is 1. The lowest BCUT2D eigenvalue weighted by Gasteiger charge is -2.04. The van der Waals surface area contributed by atoms with Crippen molar-refractivity contribution in [2.45, 2.75) is 6.92 Å². The van der Waals surface area contributed by atoms with Crippen LogP contribution >= 0.6 is 0 Å².